The van der Waals surface area contributed by atoms with Gasteiger partial charge in [-0.3, -0.25) is 0 Å². The number of hydrogen-bond acceptors (Lipinski definition) is 2. The topological polar surface area (TPSA) is 15.3 Å². The van der Waals surface area contributed by atoms with Crippen LogP contribution in [0.4, 0.5) is 5.69 Å². The monoisotopic (exact) mass is 280 g/mol. The molecule has 106 valence electrons. The van der Waals surface area contributed by atoms with Crippen LogP contribution < -0.4 is 10.2 Å². The van der Waals surface area contributed by atoms with Gasteiger partial charge >= 0.3 is 0 Å². The molecule has 3 heteroatoms. The van der Waals surface area contributed by atoms with Gasteiger partial charge in [0.15, 0.2) is 0 Å². The summed E-state index contributed by atoms with van der Waals surface area (Å²) >= 11 is 6.46. The first-order valence-electron chi connectivity index (χ1n) is 7.21. The van der Waals surface area contributed by atoms with Crippen molar-refractivity contribution < 1.29 is 0 Å². The maximum atomic E-state index is 6.46. The molecule has 0 bridgehead atoms. The molecule has 1 N–H and O–H groups in total. The summed E-state index contributed by atoms with van der Waals surface area (Å²) in [5.74, 6) is 0. The first kappa shape index (κ1) is 14.7. The predicted molar refractivity (Wildman–Crippen MR) is 84.1 cm³/mol. The number of anilines is 1. The smallest absolute Gasteiger partial charge is 0.0642 e. The van der Waals surface area contributed by atoms with Crippen molar-refractivity contribution in [3.63, 3.8) is 0 Å². The molecule has 0 heterocycles. The van der Waals surface area contributed by atoms with Gasteiger partial charge < -0.3 is 10.2 Å². The number of hydrogen-bond donors (Lipinski definition) is 1. The lowest BCUT2D eigenvalue weighted by molar-refractivity contribution is 0.424. The lowest BCUT2D eigenvalue weighted by Gasteiger charge is -2.25. The predicted octanol–water partition coefficient (Wildman–Crippen LogP) is 4.22. The summed E-state index contributed by atoms with van der Waals surface area (Å²) in [4.78, 5) is 2.42. The Morgan fingerprint density at radius 2 is 2.00 bits per heavy atom. The summed E-state index contributed by atoms with van der Waals surface area (Å²) in [5, 5.41) is 4.37. The fourth-order valence-electron chi connectivity index (χ4n) is 2.27. The average molecular weight is 281 g/mol. The van der Waals surface area contributed by atoms with Crippen molar-refractivity contribution in [3.05, 3.63) is 28.8 Å². The van der Waals surface area contributed by atoms with Crippen molar-refractivity contribution in [2.24, 2.45) is 0 Å². The molecule has 0 aromatic heterocycles. The van der Waals surface area contributed by atoms with Crippen molar-refractivity contribution >= 4 is 17.3 Å². The maximum absolute atomic E-state index is 6.46. The van der Waals surface area contributed by atoms with E-state index in [0.29, 0.717) is 6.04 Å². The van der Waals surface area contributed by atoms with Gasteiger partial charge in [0.05, 0.1) is 10.7 Å². The van der Waals surface area contributed by atoms with Gasteiger partial charge in [0, 0.05) is 24.7 Å². The molecule has 19 heavy (non-hydrogen) atoms. The highest BCUT2D eigenvalue weighted by Gasteiger charge is 2.29. The largest absolute Gasteiger partial charge is 0.368 e. The van der Waals surface area contributed by atoms with E-state index >= 15 is 0 Å². The SMILES string of the molecule is CCN(c1ccc(CNC(C)(C)C)cc1Cl)C1CC1. The Morgan fingerprint density at radius 1 is 1.32 bits per heavy atom. The second-order valence-electron chi connectivity index (χ2n) is 6.41. The van der Waals surface area contributed by atoms with Crippen molar-refractivity contribution in [2.75, 3.05) is 11.4 Å². The van der Waals surface area contributed by atoms with Gasteiger partial charge in [-0.25, -0.2) is 0 Å². The first-order valence-corrected chi connectivity index (χ1v) is 7.58. The van der Waals surface area contributed by atoms with E-state index in [1.807, 2.05) is 0 Å². The second-order valence-corrected chi connectivity index (χ2v) is 6.81. The Balaban J connectivity index is 2.08. The Bertz CT molecular complexity index is 433. The molecule has 1 aliphatic carbocycles. The minimum Gasteiger partial charge on any atom is -0.368 e. The summed E-state index contributed by atoms with van der Waals surface area (Å²) in [6, 6.07) is 7.16. The minimum atomic E-state index is 0.134. The van der Waals surface area contributed by atoms with E-state index in [2.05, 4.69) is 56.1 Å². The minimum absolute atomic E-state index is 0.134. The van der Waals surface area contributed by atoms with Gasteiger partial charge in [-0.2, -0.15) is 0 Å². The van der Waals surface area contributed by atoms with Crippen molar-refractivity contribution in [2.45, 2.75) is 58.7 Å². The van der Waals surface area contributed by atoms with E-state index in [0.717, 1.165) is 18.1 Å². The lowest BCUT2D eigenvalue weighted by atomic mass is 10.1. The fourth-order valence-corrected chi connectivity index (χ4v) is 2.58. The van der Waals surface area contributed by atoms with Crippen molar-refractivity contribution in [3.8, 4) is 0 Å². The molecular formula is C16H25ClN2. The molecule has 2 rings (SSSR count). The van der Waals surface area contributed by atoms with E-state index < -0.39 is 0 Å². The summed E-state index contributed by atoms with van der Waals surface area (Å²) in [6.45, 7) is 10.6. The van der Waals surface area contributed by atoms with E-state index in [1.165, 1.54) is 24.1 Å². The molecule has 1 fully saturated rings. The Kier molecular flexibility index (Phi) is 4.42. The van der Waals surface area contributed by atoms with Crippen molar-refractivity contribution in [1.82, 2.24) is 5.32 Å². The van der Waals surface area contributed by atoms with Crippen molar-refractivity contribution in [1.29, 1.82) is 0 Å². The molecule has 1 aromatic rings. The van der Waals surface area contributed by atoms with Crippen LogP contribution in [0.1, 0.15) is 46.1 Å². The Hall–Kier alpha value is -0.730. The molecule has 2 nitrogen and oxygen atoms in total. The zero-order valence-electron chi connectivity index (χ0n) is 12.5. The molecule has 0 spiro atoms. The molecule has 0 unspecified atom stereocenters. The maximum Gasteiger partial charge on any atom is 0.0642 e. The molecule has 1 aromatic carbocycles. The van der Waals surface area contributed by atoms with Gasteiger partial charge in [-0.15, -0.1) is 0 Å². The quantitative estimate of drug-likeness (QED) is 0.869. The van der Waals surface area contributed by atoms with Crippen LogP contribution in [0, 0.1) is 0 Å². The molecule has 1 aliphatic rings. The third kappa shape index (κ3) is 4.12. The van der Waals surface area contributed by atoms with Crippen LogP contribution in [0.2, 0.25) is 5.02 Å². The zero-order chi connectivity index (χ0) is 14.0. The second kappa shape index (κ2) is 5.72. The highest BCUT2D eigenvalue weighted by molar-refractivity contribution is 6.33. The average Bonchev–Trinajstić information content (AvgIpc) is 3.13. The van der Waals surface area contributed by atoms with Gasteiger partial charge in [0.1, 0.15) is 0 Å². The van der Waals surface area contributed by atoms with Crippen LogP contribution in [0.15, 0.2) is 18.2 Å². The zero-order valence-corrected chi connectivity index (χ0v) is 13.2. The van der Waals surface area contributed by atoms with Crippen LogP contribution in [0.5, 0.6) is 0 Å². The van der Waals surface area contributed by atoms with Crippen LogP contribution in [-0.4, -0.2) is 18.1 Å². The molecule has 1 saturated carbocycles. The van der Waals surface area contributed by atoms with Gasteiger partial charge in [0.25, 0.3) is 0 Å². The molecule has 0 radical (unpaired) electrons. The van der Waals surface area contributed by atoms with Gasteiger partial charge in [-0.1, -0.05) is 17.7 Å². The molecule has 0 aliphatic heterocycles. The molecular weight excluding hydrogens is 256 g/mol. The number of benzene rings is 1. The summed E-state index contributed by atoms with van der Waals surface area (Å²) < 4.78 is 0. The van der Waals surface area contributed by atoms with E-state index in [-0.39, 0.29) is 5.54 Å². The van der Waals surface area contributed by atoms with Crippen LogP contribution in [-0.2, 0) is 6.54 Å². The lowest BCUT2D eigenvalue weighted by Crippen LogP contribution is -2.35. The summed E-state index contributed by atoms with van der Waals surface area (Å²) in [5.41, 5.74) is 2.57. The van der Waals surface area contributed by atoms with E-state index in [1.54, 1.807) is 0 Å². The normalized spacial score (nSPS) is 15.6. The number of nitrogens with zero attached hydrogens (tertiary/aromatic N) is 1. The summed E-state index contributed by atoms with van der Waals surface area (Å²) in [6.07, 6.45) is 2.61. The summed E-state index contributed by atoms with van der Waals surface area (Å²) in [7, 11) is 0. The molecule has 0 atom stereocenters. The van der Waals surface area contributed by atoms with Gasteiger partial charge in [0.2, 0.25) is 0 Å². The first-order chi connectivity index (χ1) is 8.90. The van der Waals surface area contributed by atoms with Crippen LogP contribution in [0.25, 0.3) is 0 Å². The number of halogens is 1. The standard InChI is InChI=1S/C16H25ClN2/c1-5-19(13-7-8-13)15-9-6-12(10-14(15)17)11-18-16(2,3)4/h6,9-10,13,18H,5,7-8,11H2,1-4H3. The highest BCUT2D eigenvalue weighted by atomic mass is 35.5. The third-order valence-corrected chi connectivity index (χ3v) is 3.78. The fraction of sp³-hybridized carbons (Fsp3) is 0.625. The van der Waals surface area contributed by atoms with Crippen LogP contribution >= 0.6 is 11.6 Å². The van der Waals surface area contributed by atoms with Crippen LogP contribution in [0.3, 0.4) is 0 Å². The van der Waals surface area contributed by atoms with E-state index in [4.69, 9.17) is 11.6 Å². The molecule has 0 saturated heterocycles. The third-order valence-electron chi connectivity index (χ3n) is 3.47. The number of rotatable bonds is 5. The molecule has 0 amide bonds. The van der Waals surface area contributed by atoms with Gasteiger partial charge in [-0.05, 0) is 58.2 Å². The Morgan fingerprint density at radius 3 is 2.47 bits per heavy atom. The highest BCUT2D eigenvalue weighted by Crippen LogP contribution is 2.35. The Labute approximate surface area is 122 Å². The number of nitrogens with one attached hydrogen (secondary N) is 1. The van der Waals surface area contributed by atoms with E-state index in [9.17, 15) is 0 Å².